The zero-order chi connectivity index (χ0) is 21.8. The van der Waals surface area contributed by atoms with Crippen LogP contribution in [0.2, 0.25) is 0 Å². The normalized spacial score (nSPS) is 19.7. The molecule has 1 atom stereocenters. The standard InChI is InChI=1S/C22H27N3O4S2/c1-28-17-6-5-16(14-18(17)29-2)22-25(20(26)15-31-22)12-9-23-7-10-24(11-8-23)21(27)19-4-3-13-30-19/h3-6,13-14,22H,7-12,15H2,1-2H3. The molecule has 0 bridgehead atoms. The van der Waals surface area contributed by atoms with E-state index < -0.39 is 0 Å². The highest BCUT2D eigenvalue weighted by Crippen LogP contribution is 2.41. The molecule has 4 rings (SSSR count). The van der Waals surface area contributed by atoms with Crippen molar-refractivity contribution in [3.05, 3.63) is 46.2 Å². The van der Waals surface area contributed by atoms with Gasteiger partial charge in [0.2, 0.25) is 5.91 Å². The summed E-state index contributed by atoms with van der Waals surface area (Å²) in [6.07, 6.45) is 0. The molecular formula is C22H27N3O4S2. The highest BCUT2D eigenvalue weighted by molar-refractivity contribution is 8.00. The maximum absolute atomic E-state index is 12.6. The second-order valence-electron chi connectivity index (χ2n) is 7.48. The molecule has 2 fully saturated rings. The fraction of sp³-hybridized carbons (Fsp3) is 0.455. The van der Waals surface area contributed by atoms with Crippen LogP contribution in [0.15, 0.2) is 35.7 Å². The maximum Gasteiger partial charge on any atom is 0.264 e. The Labute approximate surface area is 190 Å². The minimum absolute atomic E-state index is 0.0194. The van der Waals surface area contributed by atoms with Gasteiger partial charge in [0.15, 0.2) is 11.5 Å². The number of benzene rings is 1. The number of amides is 2. The number of piperazine rings is 1. The summed E-state index contributed by atoms with van der Waals surface area (Å²) in [7, 11) is 3.24. The predicted octanol–water partition coefficient (Wildman–Crippen LogP) is 2.80. The minimum Gasteiger partial charge on any atom is -0.493 e. The fourth-order valence-corrected chi connectivity index (χ4v) is 5.86. The molecule has 7 nitrogen and oxygen atoms in total. The van der Waals surface area contributed by atoms with Crippen molar-refractivity contribution in [2.24, 2.45) is 0 Å². The number of thiophene rings is 1. The van der Waals surface area contributed by atoms with Crippen LogP contribution in [0.5, 0.6) is 11.5 Å². The van der Waals surface area contributed by atoms with Gasteiger partial charge in [-0.3, -0.25) is 14.5 Å². The highest BCUT2D eigenvalue weighted by atomic mass is 32.2. The second kappa shape index (κ2) is 9.93. The molecule has 0 aliphatic carbocycles. The zero-order valence-electron chi connectivity index (χ0n) is 17.8. The van der Waals surface area contributed by atoms with Gasteiger partial charge in [0.1, 0.15) is 5.37 Å². The molecular weight excluding hydrogens is 434 g/mol. The smallest absolute Gasteiger partial charge is 0.264 e. The van der Waals surface area contributed by atoms with Gasteiger partial charge in [-0.15, -0.1) is 23.1 Å². The van der Waals surface area contributed by atoms with Crippen LogP contribution in [-0.2, 0) is 4.79 Å². The summed E-state index contributed by atoms with van der Waals surface area (Å²) < 4.78 is 10.8. The van der Waals surface area contributed by atoms with E-state index in [9.17, 15) is 9.59 Å². The van der Waals surface area contributed by atoms with Gasteiger partial charge in [0, 0.05) is 39.3 Å². The van der Waals surface area contributed by atoms with E-state index in [1.54, 1.807) is 26.0 Å². The molecule has 0 N–H and O–H groups in total. The number of rotatable bonds is 7. The first-order valence-electron chi connectivity index (χ1n) is 10.3. The number of methoxy groups -OCH3 is 2. The fourth-order valence-electron chi connectivity index (χ4n) is 3.96. The number of thioether (sulfide) groups is 1. The Bertz CT molecular complexity index is 913. The van der Waals surface area contributed by atoms with Crippen LogP contribution in [0.25, 0.3) is 0 Å². The van der Waals surface area contributed by atoms with Gasteiger partial charge in [-0.2, -0.15) is 0 Å². The first-order valence-corrected chi connectivity index (χ1v) is 12.2. The highest BCUT2D eigenvalue weighted by Gasteiger charge is 2.33. The first kappa shape index (κ1) is 22.0. The Morgan fingerprint density at radius 3 is 2.52 bits per heavy atom. The van der Waals surface area contributed by atoms with Gasteiger partial charge in [-0.1, -0.05) is 12.1 Å². The first-order chi connectivity index (χ1) is 15.1. The molecule has 1 aromatic heterocycles. The molecule has 2 aromatic rings. The van der Waals surface area contributed by atoms with E-state index in [0.29, 0.717) is 23.8 Å². The lowest BCUT2D eigenvalue weighted by Crippen LogP contribution is -2.50. The number of nitrogens with zero attached hydrogens (tertiary/aromatic N) is 3. The van der Waals surface area contributed by atoms with Gasteiger partial charge < -0.3 is 19.3 Å². The summed E-state index contributed by atoms with van der Waals surface area (Å²) in [5.74, 6) is 2.13. The van der Waals surface area contributed by atoms with Crippen LogP contribution in [-0.4, -0.2) is 85.8 Å². The van der Waals surface area contributed by atoms with Crippen molar-refractivity contribution < 1.29 is 19.1 Å². The third kappa shape index (κ3) is 4.83. The Balaban J connectivity index is 1.33. The van der Waals surface area contributed by atoms with Crippen molar-refractivity contribution in [3.8, 4) is 11.5 Å². The molecule has 31 heavy (non-hydrogen) atoms. The van der Waals surface area contributed by atoms with Crippen LogP contribution in [0.4, 0.5) is 0 Å². The van der Waals surface area contributed by atoms with Crippen LogP contribution in [0.1, 0.15) is 20.6 Å². The summed E-state index contributed by atoms with van der Waals surface area (Å²) in [5, 5.41) is 1.91. The van der Waals surface area contributed by atoms with Crippen molar-refractivity contribution in [2.45, 2.75) is 5.37 Å². The van der Waals surface area contributed by atoms with Gasteiger partial charge >= 0.3 is 0 Å². The summed E-state index contributed by atoms with van der Waals surface area (Å²) in [6.45, 7) is 4.57. The van der Waals surface area contributed by atoms with Gasteiger partial charge in [0.25, 0.3) is 5.91 Å². The lowest BCUT2D eigenvalue weighted by Gasteiger charge is -2.36. The zero-order valence-corrected chi connectivity index (χ0v) is 19.4. The van der Waals surface area contributed by atoms with Crippen molar-refractivity contribution in [1.82, 2.24) is 14.7 Å². The SMILES string of the molecule is COc1ccc(C2SCC(=O)N2CCN2CCN(C(=O)c3cccs3)CC2)cc1OC. The topological polar surface area (TPSA) is 62.3 Å². The minimum atomic E-state index is -0.0194. The number of carbonyl (C=O) groups excluding carboxylic acids is 2. The molecule has 3 heterocycles. The van der Waals surface area contributed by atoms with Gasteiger partial charge in [0.05, 0.1) is 24.8 Å². The summed E-state index contributed by atoms with van der Waals surface area (Å²) in [6, 6.07) is 9.63. The van der Waals surface area contributed by atoms with Crippen LogP contribution in [0, 0.1) is 0 Å². The molecule has 1 unspecified atom stereocenters. The van der Waals surface area contributed by atoms with E-state index in [1.807, 2.05) is 45.5 Å². The molecule has 2 amide bonds. The van der Waals surface area contributed by atoms with Gasteiger partial charge in [-0.25, -0.2) is 0 Å². The van der Waals surface area contributed by atoms with Gasteiger partial charge in [-0.05, 0) is 29.1 Å². The number of hydrogen-bond donors (Lipinski definition) is 0. The Morgan fingerprint density at radius 2 is 1.84 bits per heavy atom. The van der Waals surface area contributed by atoms with E-state index in [2.05, 4.69) is 4.90 Å². The lowest BCUT2D eigenvalue weighted by atomic mass is 10.1. The molecule has 9 heteroatoms. The van der Waals surface area contributed by atoms with E-state index in [1.165, 1.54) is 11.3 Å². The van der Waals surface area contributed by atoms with Crippen molar-refractivity contribution >= 4 is 34.9 Å². The lowest BCUT2D eigenvalue weighted by molar-refractivity contribution is -0.128. The van der Waals surface area contributed by atoms with E-state index in [-0.39, 0.29) is 17.2 Å². The molecule has 1 aromatic carbocycles. The van der Waals surface area contributed by atoms with Crippen LogP contribution >= 0.6 is 23.1 Å². The average Bonchev–Trinajstić information content (AvgIpc) is 3.47. The Hall–Kier alpha value is -2.23. The van der Waals surface area contributed by atoms with E-state index >= 15 is 0 Å². The number of ether oxygens (including phenoxy) is 2. The molecule has 2 saturated heterocycles. The van der Waals surface area contributed by atoms with Crippen molar-refractivity contribution in [3.63, 3.8) is 0 Å². The Kier molecular flexibility index (Phi) is 7.04. The maximum atomic E-state index is 12.6. The summed E-state index contributed by atoms with van der Waals surface area (Å²) in [4.78, 5) is 32.1. The molecule has 0 radical (unpaired) electrons. The summed E-state index contributed by atoms with van der Waals surface area (Å²) in [5.41, 5.74) is 1.04. The van der Waals surface area contributed by atoms with E-state index in [4.69, 9.17) is 9.47 Å². The molecule has 166 valence electrons. The third-order valence-corrected chi connectivity index (χ3v) is 7.82. The van der Waals surface area contributed by atoms with Crippen LogP contribution < -0.4 is 9.47 Å². The number of hydrogen-bond acceptors (Lipinski definition) is 7. The molecule has 2 aliphatic heterocycles. The van der Waals surface area contributed by atoms with Crippen molar-refractivity contribution in [2.75, 3.05) is 59.2 Å². The molecule has 0 spiro atoms. The summed E-state index contributed by atoms with van der Waals surface area (Å²) >= 11 is 3.13. The monoisotopic (exact) mass is 461 g/mol. The predicted molar refractivity (Wildman–Crippen MR) is 123 cm³/mol. The van der Waals surface area contributed by atoms with Crippen molar-refractivity contribution in [1.29, 1.82) is 0 Å². The average molecular weight is 462 g/mol. The molecule has 2 aliphatic rings. The third-order valence-electron chi connectivity index (χ3n) is 5.71. The number of carbonyl (C=O) groups is 2. The second-order valence-corrected chi connectivity index (χ2v) is 9.49. The largest absolute Gasteiger partial charge is 0.493 e. The Morgan fingerprint density at radius 1 is 1.06 bits per heavy atom. The quantitative estimate of drug-likeness (QED) is 0.632. The van der Waals surface area contributed by atoms with E-state index in [0.717, 1.165) is 43.2 Å². The van der Waals surface area contributed by atoms with Crippen LogP contribution in [0.3, 0.4) is 0 Å². The molecule has 0 saturated carbocycles.